The maximum absolute atomic E-state index is 14.4. The Morgan fingerprint density at radius 3 is 2.16 bits per heavy atom. The third kappa shape index (κ3) is 9.15. The van der Waals surface area contributed by atoms with Gasteiger partial charge >= 0.3 is 0 Å². The molecule has 1 N–H and O–H groups in total. The Balaban J connectivity index is 2.08. The molecule has 1 heterocycles. The Bertz CT molecular complexity index is 1720. The first-order chi connectivity index (χ1) is 22.9. The van der Waals surface area contributed by atoms with Crippen molar-refractivity contribution >= 4 is 29.9 Å². The third-order valence-electron chi connectivity index (χ3n) is 8.65. The summed E-state index contributed by atoms with van der Waals surface area (Å²) in [5.41, 5.74) is 0.962. The number of aromatic nitrogens is 1. The van der Waals surface area contributed by atoms with E-state index in [1.54, 1.807) is 38.1 Å². The minimum atomic E-state index is -4.62. The van der Waals surface area contributed by atoms with Crippen molar-refractivity contribution in [2.45, 2.75) is 70.2 Å². The molecular formula is C34H48N4O9SSi. The Labute approximate surface area is 290 Å². The summed E-state index contributed by atoms with van der Waals surface area (Å²) < 4.78 is 52.5. The van der Waals surface area contributed by atoms with Gasteiger partial charge < -0.3 is 24.0 Å². The molecule has 49 heavy (non-hydrogen) atoms. The van der Waals surface area contributed by atoms with E-state index in [1.807, 2.05) is 0 Å². The van der Waals surface area contributed by atoms with Gasteiger partial charge in [0, 0.05) is 30.9 Å². The van der Waals surface area contributed by atoms with Crippen molar-refractivity contribution in [1.82, 2.24) is 14.6 Å². The fourth-order valence-electron chi connectivity index (χ4n) is 4.99. The van der Waals surface area contributed by atoms with Gasteiger partial charge in [-0.15, -0.1) is 0 Å². The lowest BCUT2D eigenvalue weighted by molar-refractivity contribution is -0.387. The van der Waals surface area contributed by atoms with Crippen molar-refractivity contribution in [3.63, 3.8) is 0 Å². The number of carbonyl (C=O) groups excluding carboxylic acids is 1. The van der Waals surface area contributed by atoms with Crippen molar-refractivity contribution in [3.05, 3.63) is 70.4 Å². The van der Waals surface area contributed by atoms with Crippen molar-refractivity contribution in [1.29, 1.82) is 0 Å². The Hall–Kier alpha value is -4.05. The number of benzene rings is 2. The van der Waals surface area contributed by atoms with Crippen molar-refractivity contribution < 1.29 is 36.8 Å². The van der Waals surface area contributed by atoms with Crippen molar-refractivity contribution in [3.8, 4) is 28.5 Å². The highest BCUT2D eigenvalue weighted by molar-refractivity contribution is 7.89. The molecule has 0 aliphatic heterocycles. The number of nitrogens with one attached hydrogen (secondary N) is 1. The molecule has 1 atom stereocenters. The molecule has 0 fully saturated rings. The Morgan fingerprint density at radius 1 is 1.02 bits per heavy atom. The largest absolute Gasteiger partial charge is 0.493 e. The molecule has 3 aromatic rings. The lowest BCUT2D eigenvalue weighted by Crippen LogP contribution is -2.52. The van der Waals surface area contributed by atoms with E-state index in [2.05, 4.69) is 44.2 Å². The van der Waals surface area contributed by atoms with E-state index in [0.29, 0.717) is 34.1 Å². The van der Waals surface area contributed by atoms with E-state index in [4.69, 9.17) is 18.6 Å². The summed E-state index contributed by atoms with van der Waals surface area (Å²) in [5.74, 6) is 0.134. The molecule has 15 heteroatoms. The van der Waals surface area contributed by atoms with Crippen molar-refractivity contribution in [2.24, 2.45) is 5.92 Å². The van der Waals surface area contributed by atoms with Crippen LogP contribution >= 0.6 is 0 Å². The molecular weight excluding hydrogens is 669 g/mol. The predicted molar refractivity (Wildman–Crippen MR) is 190 cm³/mol. The predicted octanol–water partition coefficient (Wildman–Crippen LogP) is 6.04. The Morgan fingerprint density at radius 2 is 1.63 bits per heavy atom. The van der Waals surface area contributed by atoms with Gasteiger partial charge in [0.25, 0.3) is 15.7 Å². The van der Waals surface area contributed by atoms with Gasteiger partial charge in [-0.3, -0.25) is 19.9 Å². The maximum Gasteiger partial charge on any atom is 0.289 e. The summed E-state index contributed by atoms with van der Waals surface area (Å²) in [4.78, 5) is 29.1. The van der Waals surface area contributed by atoms with Gasteiger partial charge in [0.1, 0.15) is 6.04 Å². The average Bonchev–Trinajstić information content (AvgIpc) is 3.05. The highest BCUT2D eigenvalue weighted by Crippen LogP contribution is 2.41. The number of nitro groups is 1. The van der Waals surface area contributed by atoms with Gasteiger partial charge in [-0.2, -0.15) is 4.31 Å². The normalized spacial score (nSPS) is 12.9. The number of hydrogen-bond donors (Lipinski definition) is 1. The lowest BCUT2D eigenvalue weighted by atomic mass is 10.0. The van der Waals surface area contributed by atoms with Crippen LogP contribution < -0.4 is 19.5 Å². The summed E-state index contributed by atoms with van der Waals surface area (Å²) in [6.45, 7) is 14.1. The summed E-state index contributed by atoms with van der Waals surface area (Å²) in [5, 5.41) is 14.8. The van der Waals surface area contributed by atoms with Crippen molar-refractivity contribution in [2.75, 3.05) is 34.5 Å². The summed E-state index contributed by atoms with van der Waals surface area (Å²) in [7, 11) is -2.23. The standard InChI is InChI=1S/C34H48N4O9SSi/c1-23(2)31(33(39)36-17-18-47-49(9,10)34(3,4)5)37(48(42,43)30-14-12-11-13-27(30)38(40)41)22-24-15-16-35-26(19-24)25-20-28(44-6)32(46-8)29(21-25)45-7/h11-16,19-21,23,31H,17-18,22H2,1-10H3,(H,36,39)/t31-/m0/s1. The second-order valence-corrected chi connectivity index (χ2v) is 20.0. The molecule has 0 unspecified atom stereocenters. The number of nitrogens with zero attached hydrogens (tertiary/aromatic N) is 3. The number of methoxy groups -OCH3 is 3. The zero-order chi connectivity index (χ0) is 36.7. The summed E-state index contributed by atoms with van der Waals surface area (Å²) in [6, 6.07) is 10.6. The first-order valence-electron chi connectivity index (χ1n) is 15.8. The summed E-state index contributed by atoms with van der Waals surface area (Å²) in [6.07, 6.45) is 1.52. The monoisotopic (exact) mass is 716 g/mol. The fraction of sp³-hybridized carbons (Fsp3) is 0.471. The number of ether oxygens (including phenoxy) is 3. The van der Waals surface area contributed by atoms with E-state index < -0.39 is 51.7 Å². The molecule has 0 aliphatic rings. The topological polar surface area (TPSA) is 159 Å². The third-order valence-corrected chi connectivity index (χ3v) is 15.1. The van der Waals surface area contributed by atoms with Crippen LogP contribution in [0, 0.1) is 16.0 Å². The van der Waals surface area contributed by atoms with Gasteiger partial charge in [-0.05, 0) is 59.9 Å². The number of rotatable bonds is 16. The van der Waals surface area contributed by atoms with Crippen LogP contribution in [0.5, 0.6) is 17.2 Å². The molecule has 3 rings (SSSR count). The first-order valence-corrected chi connectivity index (χ1v) is 20.2. The number of para-hydroxylation sites is 1. The smallest absolute Gasteiger partial charge is 0.289 e. The van der Waals surface area contributed by atoms with E-state index in [-0.39, 0.29) is 24.7 Å². The van der Waals surface area contributed by atoms with E-state index >= 15 is 0 Å². The fourth-order valence-corrected chi connectivity index (χ4v) is 7.90. The molecule has 268 valence electrons. The molecule has 0 radical (unpaired) electrons. The Kier molecular flexibility index (Phi) is 12.9. The molecule has 13 nitrogen and oxygen atoms in total. The molecule has 0 saturated carbocycles. The number of pyridine rings is 1. The van der Waals surface area contributed by atoms with Gasteiger partial charge in [0.2, 0.25) is 11.7 Å². The van der Waals surface area contributed by atoms with Crippen LogP contribution in [0.2, 0.25) is 18.1 Å². The highest BCUT2D eigenvalue weighted by atomic mass is 32.2. The number of carbonyl (C=O) groups is 1. The van der Waals surface area contributed by atoms with Crippen LogP contribution in [0.25, 0.3) is 11.3 Å². The van der Waals surface area contributed by atoms with Crippen LogP contribution in [0.15, 0.2) is 59.6 Å². The van der Waals surface area contributed by atoms with E-state index in [9.17, 15) is 23.3 Å². The van der Waals surface area contributed by atoms with Gasteiger partial charge in [0.05, 0.1) is 38.6 Å². The summed E-state index contributed by atoms with van der Waals surface area (Å²) >= 11 is 0. The second kappa shape index (κ2) is 16.1. The second-order valence-electron chi connectivity index (χ2n) is 13.3. The van der Waals surface area contributed by atoms with E-state index in [0.717, 1.165) is 10.4 Å². The maximum atomic E-state index is 14.4. The van der Waals surface area contributed by atoms with Gasteiger partial charge in [-0.25, -0.2) is 8.42 Å². The zero-order valence-corrected chi connectivity index (χ0v) is 31.7. The first kappa shape index (κ1) is 39.4. The van der Waals surface area contributed by atoms with Crippen LogP contribution in [0.3, 0.4) is 0 Å². The number of hydrogen-bond acceptors (Lipinski definition) is 10. The van der Waals surface area contributed by atoms with Gasteiger partial charge in [0.15, 0.2) is 24.7 Å². The molecule has 2 aromatic carbocycles. The van der Waals surface area contributed by atoms with Gasteiger partial charge in [-0.1, -0.05) is 46.8 Å². The number of amides is 1. The van der Waals surface area contributed by atoms with Crippen LogP contribution in [0.4, 0.5) is 5.69 Å². The molecule has 0 bridgehead atoms. The minimum absolute atomic E-state index is 0.0295. The quantitative estimate of drug-likeness (QED) is 0.0802. The number of nitro benzene ring substituents is 1. The molecule has 0 saturated heterocycles. The van der Waals surface area contributed by atoms with Crippen LogP contribution in [-0.2, 0) is 25.8 Å². The molecule has 1 amide bonds. The average molecular weight is 717 g/mol. The molecule has 0 spiro atoms. The van der Waals surface area contributed by atoms with Crippen LogP contribution in [0.1, 0.15) is 40.2 Å². The SMILES string of the molecule is COc1cc(-c2cc(CN([C@H](C(=O)NCCO[Si](C)(C)C(C)(C)C)C(C)C)S(=O)(=O)c3ccccc3[N+](=O)[O-])ccn2)cc(OC)c1OC. The highest BCUT2D eigenvalue weighted by Gasteiger charge is 2.41. The van der Waals surface area contributed by atoms with Crippen LogP contribution in [-0.4, -0.2) is 77.4 Å². The molecule has 1 aromatic heterocycles. The molecule has 0 aliphatic carbocycles. The zero-order valence-electron chi connectivity index (χ0n) is 29.9. The lowest BCUT2D eigenvalue weighted by Gasteiger charge is -2.36. The number of sulfonamides is 1. The van der Waals surface area contributed by atoms with E-state index in [1.165, 1.54) is 45.7 Å². The minimum Gasteiger partial charge on any atom is -0.493 e.